The van der Waals surface area contributed by atoms with E-state index in [2.05, 4.69) is 10.5 Å². The minimum absolute atomic E-state index is 0.261. The number of aromatic nitrogens is 1. The third-order valence-electron chi connectivity index (χ3n) is 3.81. The summed E-state index contributed by atoms with van der Waals surface area (Å²) in [5.74, 6) is 0.602. The first-order valence-electron chi connectivity index (χ1n) is 6.69. The van der Waals surface area contributed by atoms with E-state index in [1.54, 1.807) is 0 Å². The molecule has 1 saturated carbocycles. The molecule has 5 heteroatoms. The van der Waals surface area contributed by atoms with E-state index in [1.165, 1.54) is 0 Å². The maximum absolute atomic E-state index is 5.72. The molecule has 2 heterocycles. The second kappa shape index (κ2) is 4.99. The molecule has 1 saturated heterocycles. The molecule has 2 fully saturated rings. The van der Waals surface area contributed by atoms with E-state index in [9.17, 15) is 0 Å². The topological polar surface area (TPSA) is 56.5 Å². The Morgan fingerprint density at radius 1 is 1.33 bits per heavy atom. The minimum Gasteiger partial charge on any atom is -0.361 e. The fraction of sp³-hybridized carbons (Fsp3) is 0.769. The van der Waals surface area contributed by atoms with Crippen LogP contribution in [0.2, 0.25) is 0 Å². The van der Waals surface area contributed by atoms with Gasteiger partial charge in [0.15, 0.2) is 5.79 Å². The lowest BCUT2D eigenvalue weighted by molar-refractivity contribution is -0.179. The number of ether oxygens (including phenoxy) is 2. The van der Waals surface area contributed by atoms with Crippen molar-refractivity contribution in [2.24, 2.45) is 0 Å². The van der Waals surface area contributed by atoms with E-state index in [0.29, 0.717) is 6.04 Å². The Morgan fingerprint density at radius 2 is 2.06 bits per heavy atom. The third kappa shape index (κ3) is 2.58. The standard InChI is InChI=1S/C13H20N2O3/c1-10-8-12(15-18-10)9-14-11-2-4-13(5-3-11)16-6-7-17-13/h8,11,14H,2-7,9H2,1H3. The number of hydrogen-bond acceptors (Lipinski definition) is 5. The first kappa shape index (κ1) is 12.1. The summed E-state index contributed by atoms with van der Waals surface area (Å²) in [5, 5.41) is 7.51. The van der Waals surface area contributed by atoms with E-state index in [0.717, 1.165) is 56.9 Å². The zero-order valence-electron chi connectivity index (χ0n) is 10.8. The second-order valence-corrected chi connectivity index (χ2v) is 5.19. The average Bonchev–Trinajstić information content (AvgIpc) is 2.99. The number of nitrogens with one attached hydrogen (secondary N) is 1. The van der Waals surface area contributed by atoms with Gasteiger partial charge in [-0.25, -0.2) is 0 Å². The van der Waals surface area contributed by atoms with Crippen molar-refractivity contribution < 1.29 is 14.0 Å². The maximum atomic E-state index is 5.72. The highest BCUT2D eigenvalue weighted by atomic mass is 16.7. The maximum Gasteiger partial charge on any atom is 0.168 e. The van der Waals surface area contributed by atoms with Gasteiger partial charge in [0.2, 0.25) is 0 Å². The zero-order valence-corrected chi connectivity index (χ0v) is 10.8. The molecular formula is C13H20N2O3. The van der Waals surface area contributed by atoms with Gasteiger partial charge in [0.05, 0.1) is 18.9 Å². The summed E-state index contributed by atoms with van der Waals surface area (Å²) in [4.78, 5) is 0. The highest BCUT2D eigenvalue weighted by molar-refractivity contribution is 5.03. The van der Waals surface area contributed by atoms with Crippen LogP contribution in [0, 0.1) is 6.92 Å². The molecule has 18 heavy (non-hydrogen) atoms. The van der Waals surface area contributed by atoms with Crippen molar-refractivity contribution in [1.29, 1.82) is 0 Å². The molecule has 1 aromatic heterocycles. The molecule has 5 nitrogen and oxygen atoms in total. The number of nitrogens with zero attached hydrogens (tertiary/aromatic N) is 1. The van der Waals surface area contributed by atoms with Crippen LogP contribution in [0.5, 0.6) is 0 Å². The van der Waals surface area contributed by atoms with Crippen molar-refractivity contribution in [3.05, 3.63) is 17.5 Å². The van der Waals surface area contributed by atoms with Crippen LogP contribution in [0.15, 0.2) is 10.6 Å². The Labute approximate surface area is 107 Å². The predicted octanol–water partition coefficient (Wildman–Crippen LogP) is 1.76. The molecule has 1 aliphatic carbocycles. The molecule has 0 unspecified atom stereocenters. The Morgan fingerprint density at radius 3 is 2.67 bits per heavy atom. The van der Waals surface area contributed by atoms with Crippen LogP contribution in [-0.2, 0) is 16.0 Å². The number of rotatable bonds is 3. The van der Waals surface area contributed by atoms with Crippen molar-refractivity contribution in [3.8, 4) is 0 Å². The summed E-state index contributed by atoms with van der Waals surface area (Å²) in [6.45, 7) is 4.18. The van der Waals surface area contributed by atoms with Crippen molar-refractivity contribution >= 4 is 0 Å². The van der Waals surface area contributed by atoms with Gasteiger partial charge >= 0.3 is 0 Å². The molecule has 1 aromatic rings. The first-order valence-corrected chi connectivity index (χ1v) is 6.69. The van der Waals surface area contributed by atoms with Crippen molar-refractivity contribution in [1.82, 2.24) is 10.5 Å². The Hall–Kier alpha value is -0.910. The fourth-order valence-electron chi connectivity index (χ4n) is 2.80. The minimum atomic E-state index is -0.261. The number of hydrogen-bond donors (Lipinski definition) is 1. The fourth-order valence-corrected chi connectivity index (χ4v) is 2.80. The Bertz CT molecular complexity index is 389. The molecule has 0 aromatic carbocycles. The quantitative estimate of drug-likeness (QED) is 0.888. The van der Waals surface area contributed by atoms with E-state index in [-0.39, 0.29) is 5.79 Å². The summed E-state index contributed by atoms with van der Waals surface area (Å²) in [6.07, 6.45) is 4.17. The molecule has 100 valence electrons. The second-order valence-electron chi connectivity index (χ2n) is 5.19. The molecule has 1 aliphatic heterocycles. The lowest BCUT2D eigenvalue weighted by Gasteiger charge is -2.35. The summed E-state index contributed by atoms with van der Waals surface area (Å²) in [5.41, 5.74) is 0.973. The highest BCUT2D eigenvalue weighted by Gasteiger charge is 2.40. The molecule has 1 N–H and O–H groups in total. The van der Waals surface area contributed by atoms with Crippen LogP contribution < -0.4 is 5.32 Å². The van der Waals surface area contributed by atoms with Gasteiger partial charge < -0.3 is 19.3 Å². The molecule has 0 radical (unpaired) electrons. The van der Waals surface area contributed by atoms with Crippen LogP contribution in [0.3, 0.4) is 0 Å². The van der Waals surface area contributed by atoms with Crippen LogP contribution in [-0.4, -0.2) is 30.2 Å². The van der Waals surface area contributed by atoms with Gasteiger partial charge in [-0.05, 0) is 19.8 Å². The largest absolute Gasteiger partial charge is 0.361 e. The van der Waals surface area contributed by atoms with Gasteiger partial charge in [-0.15, -0.1) is 0 Å². The summed E-state index contributed by atoms with van der Waals surface area (Å²) < 4.78 is 16.5. The van der Waals surface area contributed by atoms with E-state index in [1.807, 2.05) is 13.0 Å². The van der Waals surface area contributed by atoms with Gasteiger partial charge in [0.1, 0.15) is 5.76 Å². The molecule has 0 amide bonds. The monoisotopic (exact) mass is 252 g/mol. The third-order valence-corrected chi connectivity index (χ3v) is 3.81. The average molecular weight is 252 g/mol. The number of aryl methyl sites for hydroxylation is 1. The molecule has 0 bridgehead atoms. The van der Waals surface area contributed by atoms with Crippen LogP contribution in [0.1, 0.15) is 37.1 Å². The van der Waals surface area contributed by atoms with Crippen molar-refractivity contribution in [3.63, 3.8) is 0 Å². The van der Waals surface area contributed by atoms with E-state index in [4.69, 9.17) is 14.0 Å². The molecule has 2 aliphatic rings. The summed E-state index contributed by atoms with van der Waals surface area (Å²) in [7, 11) is 0. The van der Waals surface area contributed by atoms with Gasteiger partial charge in [0.25, 0.3) is 0 Å². The van der Waals surface area contributed by atoms with Gasteiger partial charge in [-0.2, -0.15) is 0 Å². The normalized spacial score (nSPS) is 23.8. The molecular weight excluding hydrogens is 232 g/mol. The van der Waals surface area contributed by atoms with Crippen molar-refractivity contribution in [2.45, 2.75) is 51.0 Å². The lowest BCUT2D eigenvalue weighted by atomic mass is 9.90. The van der Waals surface area contributed by atoms with Gasteiger partial charge in [-0.3, -0.25) is 0 Å². The molecule has 0 atom stereocenters. The molecule has 3 rings (SSSR count). The van der Waals surface area contributed by atoms with Crippen molar-refractivity contribution in [2.75, 3.05) is 13.2 Å². The van der Waals surface area contributed by atoms with Crippen LogP contribution >= 0.6 is 0 Å². The Kier molecular flexibility index (Phi) is 3.37. The SMILES string of the molecule is Cc1cc(CNC2CCC3(CC2)OCCO3)no1. The lowest BCUT2D eigenvalue weighted by Crippen LogP contribution is -2.41. The highest BCUT2D eigenvalue weighted by Crippen LogP contribution is 2.35. The van der Waals surface area contributed by atoms with E-state index < -0.39 is 0 Å². The van der Waals surface area contributed by atoms with Gasteiger partial charge in [0, 0.05) is 31.5 Å². The molecule has 1 spiro atoms. The Balaban J connectivity index is 1.45. The van der Waals surface area contributed by atoms with Crippen LogP contribution in [0.4, 0.5) is 0 Å². The predicted molar refractivity (Wildman–Crippen MR) is 65.0 cm³/mol. The van der Waals surface area contributed by atoms with Crippen LogP contribution in [0.25, 0.3) is 0 Å². The zero-order chi connectivity index (χ0) is 12.4. The van der Waals surface area contributed by atoms with Gasteiger partial charge in [-0.1, -0.05) is 5.16 Å². The summed E-state index contributed by atoms with van der Waals surface area (Å²) >= 11 is 0. The van der Waals surface area contributed by atoms with E-state index >= 15 is 0 Å². The summed E-state index contributed by atoms with van der Waals surface area (Å²) in [6, 6.07) is 2.50. The first-order chi connectivity index (χ1) is 8.76. The smallest absolute Gasteiger partial charge is 0.168 e.